The summed E-state index contributed by atoms with van der Waals surface area (Å²) in [5, 5.41) is 18.0. The predicted molar refractivity (Wildman–Crippen MR) is 61.8 cm³/mol. The van der Waals surface area contributed by atoms with Crippen LogP contribution in [0.3, 0.4) is 0 Å². The van der Waals surface area contributed by atoms with Gasteiger partial charge < -0.3 is 14.9 Å². The molecule has 0 bridgehead atoms. The molecule has 4 heteroatoms. The van der Waals surface area contributed by atoms with Crippen LogP contribution in [0.4, 0.5) is 0 Å². The minimum atomic E-state index is -0.0533. The van der Waals surface area contributed by atoms with Gasteiger partial charge in [-0.2, -0.15) is 0 Å². The van der Waals surface area contributed by atoms with E-state index in [2.05, 4.69) is 15.9 Å². The molecule has 0 spiro atoms. The molecule has 0 heterocycles. The standard InChI is InChI=1S/C11H15BrO3/c1-8(5-13)7-15-11-3-2-10(12)4-9(11)6-14/h2-4,8,13-14H,5-7H2,1H3. The van der Waals surface area contributed by atoms with Crippen molar-refractivity contribution >= 4 is 15.9 Å². The summed E-state index contributed by atoms with van der Waals surface area (Å²) in [5.41, 5.74) is 0.745. The van der Waals surface area contributed by atoms with Gasteiger partial charge in [0.2, 0.25) is 0 Å². The molecule has 1 atom stereocenters. The second-order valence-electron chi connectivity index (χ2n) is 3.51. The molecular weight excluding hydrogens is 260 g/mol. The first-order valence-corrected chi connectivity index (χ1v) is 5.59. The lowest BCUT2D eigenvalue weighted by Crippen LogP contribution is -2.12. The van der Waals surface area contributed by atoms with Crippen molar-refractivity contribution < 1.29 is 14.9 Å². The van der Waals surface area contributed by atoms with Crippen LogP contribution < -0.4 is 4.74 Å². The Labute approximate surface area is 97.8 Å². The number of aliphatic hydroxyl groups is 2. The third kappa shape index (κ3) is 3.81. The smallest absolute Gasteiger partial charge is 0.124 e. The molecule has 0 aliphatic carbocycles. The van der Waals surface area contributed by atoms with E-state index < -0.39 is 0 Å². The van der Waals surface area contributed by atoms with Crippen LogP contribution in [0, 0.1) is 5.92 Å². The fourth-order valence-electron chi connectivity index (χ4n) is 1.10. The van der Waals surface area contributed by atoms with E-state index in [1.54, 1.807) is 6.07 Å². The summed E-state index contributed by atoms with van der Waals surface area (Å²) in [6, 6.07) is 5.48. The Balaban J connectivity index is 2.67. The summed E-state index contributed by atoms with van der Waals surface area (Å²) in [6.07, 6.45) is 0. The second kappa shape index (κ2) is 6.10. The average molecular weight is 275 g/mol. The predicted octanol–water partition coefficient (Wildman–Crippen LogP) is 1.95. The van der Waals surface area contributed by atoms with Gasteiger partial charge in [0.15, 0.2) is 0 Å². The lowest BCUT2D eigenvalue weighted by Gasteiger charge is -2.13. The normalized spacial score (nSPS) is 12.5. The fourth-order valence-corrected chi connectivity index (χ4v) is 1.51. The Morgan fingerprint density at radius 1 is 1.40 bits per heavy atom. The maximum Gasteiger partial charge on any atom is 0.124 e. The zero-order valence-corrected chi connectivity index (χ0v) is 10.2. The zero-order valence-electron chi connectivity index (χ0n) is 8.61. The number of hydrogen-bond donors (Lipinski definition) is 2. The zero-order chi connectivity index (χ0) is 11.3. The van der Waals surface area contributed by atoms with E-state index in [1.807, 2.05) is 19.1 Å². The average Bonchev–Trinajstić information content (AvgIpc) is 2.26. The van der Waals surface area contributed by atoms with Gasteiger partial charge >= 0.3 is 0 Å². The van der Waals surface area contributed by atoms with Crippen LogP contribution in [-0.2, 0) is 6.61 Å². The Bertz CT molecular complexity index is 315. The first-order chi connectivity index (χ1) is 7.17. The molecular formula is C11H15BrO3. The molecule has 0 fully saturated rings. The van der Waals surface area contributed by atoms with Gasteiger partial charge in [-0.25, -0.2) is 0 Å². The molecule has 0 saturated carbocycles. The summed E-state index contributed by atoms with van der Waals surface area (Å²) < 4.78 is 6.41. The third-order valence-corrected chi connectivity index (χ3v) is 2.52. The van der Waals surface area contributed by atoms with Crippen molar-refractivity contribution in [2.75, 3.05) is 13.2 Å². The van der Waals surface area contributed by atoms with Gasteiger partial charge in [0, 0.05) is 22.6 Å². The quantitative estimate of drug-likeness (QED) is 0.863. The molecule has 0 saturated heterocycles. The van der Waals surface area contributed by atoms with Crippen molar-refractivity contribution in [3.8, 4) is 5.75 Å². The van der Waals surface area contributed by atoms with E-state index in [1.165, 1.54) is 0 Å². The van der Waals surface area contributed by atoms with Crippen LogP contribution in [0.1, 0.15) is 12.5 Å². The van der Waals surface area contributed by atoms with Gasteiger partial charge in [0.05, 0.1) is 13.2 Å². The van der Waals surface area contributed by atoms with E-state index >= 15 is 0 Å². The van der Waals surface area contributed by atoms with Gasteiger partial charge in [-0.1, -0.05) is 22.9 Å². The van der Waals surface area contributed by atoms with Gasteiger partial charge in [-0.15, -0.1) is 0 Å². The highest BCUT2D eigenvalue weighted by Crippen LogP contribution is 2.23. The number of aliphatic hydroxyl groups excluding tert-OH is 2. The molecule has 84 valence electrons. The number of benzene rings is 1. The van der Waals surface area contributed by atoms with Crippen molar-refractivity contribution in [3.63, 3.8) is 0 Å². The number of rotatable bonds is 5. The lowest BCUT2D eigenvalue weighted by atomic mass is 10.2. The monoisotopic (exact) mass is 274 g/mol. The molecule has 0 aliphatic rings. The van der Waals surface area contributed by atoms with E-state index in [4.69, 9.17) is 14.9 Å². The molecule has 15 heavy (non-hydrogen) atoms. The number of halogens is 1. The second-order valence-corrected chi connectivity index (χ2v) is 4.42. The maximum absolute atomic E-state index is 9.12. The summed E-state index contributed by atoms with van der Waals surface area (Å²) >= 11 is 3.32. The number of hydrogen-bond acceptors (Lipinski definition) is 3. The summed E-state index contributed by atoms with van der Waals surface area (Å²) in [7, 11) is 0. The molecule has 0 amide bonds. The Hall–Kier alpha value is -0.580. The Morgan fingerprint density at radius 3 is 2.73 bits per heavy atom. The van der Waals surface area contributed by atoms with Gasteiger partial charge in [-0.3, -0.25) is 0 Å². The summed E-state index contributed by atoms with van der Waals surface area (Å²) in [4.78, 5) is 0. The highest BCUT2D eigenvalue weighted by atomic mass is 79.9. The molecule has 0 aliphatic heterocycles. The molecule has 1 aromatic carbocycles. The van der Waals surface area contributed by atoms with Crippen molar-refractivity contribution in [1.82, 2.24) is 0 Å². The van der Waals surface area contributed by atoms with Crippen molar-refractivity contribution in [1.29, 1.82) is 0 Å². The van der Waals surface area contributed by atoms with Crippen molar-refractivity contribution in [3.05, 3.63) is 28.2 Å². The first-order valence-electron chi connectivity index (χ1n) is 4.80. The van der Waals surface area contributed by atoms with E-state index in [9.17, 15) is 0 Å². The first kappa shape index (κ1) is 12.5. The maximum atomic E-state index is 9.12. The van der Waals surface area contributed by atoms with Crippen LogP contribution >= 0.6 is 15.9 Å². The van der Waals surface area contributed by atoms with Crippen molar-refractivity contribution in [2.24, 2.45) is 5.92 Å². The molecule has 0 aromatic heterocycles. The van der Waals surface area contributed by atoms with Gasteiger partial charge in [0.1, 0.15) is 5.75 Å². The van der Waals surface area contributed by atoms with E-state index in [0.717, 1.165) is 10.0 Å². The SMILES string of the molecule is CC(CO)COc1ccc(Br)cc1CO. The molecule has 3 nitrogen and oxygen atoms in total. The van der Waals surface area contributed by atoms with E-state index in [0.29, 0.717) is 12.4 Å². The van der Waals surface area contributed by atoms with Crippen LogP contribution in [0.5, 0.6) is 5.75 Å². The molecule has 0 radical (unpaired) electrons. The van der Waals surface area contributed by atoms with Gasteiger partial charge in [0.25, 0.3) is 0 Å². The number of ether oxygens (including phenoxy) is 1. The fraction of sp³-hybridized carbons (Fsp3) is 0.455. The van der Waals surface area contributed by atoms with E-state index in [-0.39, 0.29) is 19.1 Å². The highest BCUT2D eigenvalue weighted by molar-refractivity contribution is 9.10. The van der Waals surface area contributed by atoms with Crippen LogP contribution in [-0.4, -0.2) is 23.4 Å². The molecule has 1 rings (SSSR count). The minimum absolute atomic E-state index is 0.0533. The third-order valence-electron chi connectivity index (χ3n) is 2.03. The Kier molecular flexibility index (Phi) is 5.08. The van der Waals surface area contributed by atoms with Crippen LogP contribution in [0.25, 0.3) is 0 Å². The summed E-state index contributed by atoms with van der Waals surface area (Å²) in [5.74, 6) is 0.765. The molecule has 1 unspecified atom stereocenters. The highest BCUT2D eigenvalue weighted by Gasteiger charge is 2.06. The van der Waals surface area contributed by atoms with Crippen molar-refractivity contribution in [2.45, 2.75) is 13.5 Å². The summed E-state index contributed by atoms with van der Waals surface area (Å²) in [6.45, 7) is 2.40. The van der Waals surface area contributed by atoms with Crippen LogP contribution in [0.2, 0.25) is 0 Å². The lowest BCUT2D eigenvalue weighted by molar-refractivity contribution is 0.171. The molecule has 1 aromatic rings. The van der Waals surface area contributed by atoms with Gasteiger partial charge in [-0.05, 0) is 18.2 Å². The largest absolute Gasteiger partial charge is 0.493 e. The van der Waals surface area contributed by atoms with Crippen LogP contribution in [0.15, 0.2) is 22.7 Å². The Morgan fingerprint density at radius 2 is 2.13 bits per heavy atom. The topological polar surface area (TPSA) is 49.7 Å². The molecule has 2 N–H and O–H groups in total. The minimum Gasteiger partial charge on any atom is -0.493 e.